The second-order valence-corrected chi connectivity index (χ2v) is 4.16. The number of benzene rings is 1. The first-order chi connectivity index (χ1) is 10.2. The summed E-state index contributed by atoms with van der Waals surface area (Å²) in [7, 11) is 0. The highest BCUT2D eigenvalue weighted by Crippen LogP contribution is 2.22. The van der Waals surface area contributed by atoms with Gasteiger partial charge in [0, 0.05) is 5.56 Å². The first-order valence-corrected chi connectivity index (χ1v) is 6.03. The predicted molar refractivity (Wildman–Crippen MR) is 71.5 cm³/mol. The molecule has 0 radical (unpaired) electrons. The zero-order valence-electron chi connectivity index (χ0n) is 10.7. The number of nitrogens with zero attached hydrogens (tertiary/aromatic N) is 4. The smallest absolute Gasteiger partial charge is 0.147 e. The van der Waals surface area contributed by atoms with E-state index in [-0.39, 0.29) is 5.56 Å². The van der Waals surface area contributed by atoms with Crippen molar-refractivity contribution >= 4 is 12.2 Å². The summed E-state index contributed by atoms with van der Waals surface area (Å²) in [5.41, 5.74) is 0.754. The Hall–Kier alpha value is -3.22. The lowest BCUT2D eigenvalue weighted by molar-refractivity contribution is -0.255. The van der Waals surface area contributed by atoms with Gasteiger partial charge < -0.3 is 14.3 Å². The summed E-state index contributed by atoms with van der Waals surface area (Å²) in [5.74, 6) is -0.154. The Balaban J connectivity index is 1.84. The molecule has 2 heterocycles. The van der Waals surface area contributed by atoms with Crippen molar-refractivity contribution in [1.82, 2.24) is 14.9 Å². The van der Waals surface area contributed by atoms with Crippen LogP contribution in [0.15, 0.2) is 58.6 Å². The van der Waals surface area contributed by atoms with E-state index in [2.05, 4.69) is 15.3 Å². The molecular weight excluding hydrogens is 272 g/mol. The fourth-order valence-electron chi connectivity index (χ4n) is 1.76. The zero-order valence-corrected chi connectivity index (χ0v) is 10.7. The van der Waals surface area contributed by atoms with Crippen LogP contribution >= 0.6 is 0 Å². The minimum Gasteiger partial charge on any atom is -0.545 e. The molecule has 0 aliphatic heterocycles. The molecule has 21 heavy (non-hydrogen) atoms. The molecule has 0 unspecified atom stereocenters. The Bertz CT molecular complexity index is 790. The van der Waals surface area contributed by atoms with Crippen LogP contribution in [0.25, 0.3) is 11.3 Å². The molecule has 7 heteroatoms. The van der Waals surface area contributed by atoms with Crippen molar-refractivity contribution in [3.8, 4) is 11.3 Å². The SMILES string of the molecule is O=C([O-])c1cccc(-c2ccc(/C=N\n3cnnc3)o2)c1. The molecule has 3 rings (SSSR count). The molecule has 0 aliphatic carbocycles. The van der Waals surface area contributed by atoms with Gasteiger partial charge in [-0.3, -0.25) is 0 Å². The van der Waals surface area contributed by atoms with Gasteiger partial charge in [-0.15, -0.1) is 10.2 Å². The van der Waals surface area contributed by atoms with Crippen LogP contribution in [0.2, 0.25) is 0 Å². The Morgan fingerprint density at radius 2 is 2.05 bits per heavy atom. The molecular formula is C14H9N4O3-. The minimum absolute atomic E-state index is 0.101. The molecule has 0 bridgehead atoms. The average Bonchev–Trinajstić information content (AvgIpc) is 3.17. The molecule has 104 valence electrons. The highest BCUT2D eigenvalue weighted by molar-refractivity contribution is 5.87. The van der Waals surface area contributed by atoms with Crippen molar-refractivity contribution in [2.45, 2.75) is 0 Å². The van der Waals surface area contributed by atoms with Crippen molar-refractivity contribution in [2.75, 3.05) is 0 Å². The second-order valence-electron chi connectivity index (χ2n) is 4.16. The van der Waals surface area contributed by atoms with E-state index in [4.69, 9.17) is 4.42 Å². The van der Waals surface area contributed by atoms with Gasteiger partial charge in [0.15, 0.2) is 0 Å². The lowest BCUT2D eigenvalue weighted by Crippen LogP contribution is -2.22. The number of hydrogen-bond donors (Lipinski definition) is 0. The lowest BCUT2D eigenvalue weighted by atomic mass is 10.1. The van der Waals surface area contributed by atoms with Crippen LogP contribution in [0.4, 0.5) is 0 Å². The molecule has 0 saturated carbocycles. The van der Waals surface area contributed by atoms with Crippen molar-refractivity contribution < 1.29 is 14.3 Å². The number of rotatable bonds is 4. The van der Waals surface area contributed by atoms with E-state index >= 15 is 0 Å². The van der Waals surface area contributed by atoms with E-state index in [1.54, 1.807) is 24.3 Å². The predicted octanol–water partition coefficient (Wildman–Crippen LogP) is 0.784. The molecule has 3 aromatic rings. The standard InChI is InChI=1S/C14H10N4O3/c19-14(20)11-3-1-2-10(6-11)13-5-4-12(21-13)7-17-18-8-15-16-9-18/h1-9H,(H,19,20)/p-1/b17-7-. The van der Waals surface area contributed by atoms with Crippen LogP contribution in [-0.4, -0.2) is 27.1 Å². The van der Waals surface area contributed by atoms with Crippen molar-refractivity contribution in [2.24, 2.45) is 5.10 Å². The molecule has 0 fully saturated rings. The summed E-state index contributed by atoms with van der Waals surface area (Å²) in [5, 5.41) is 22.1. The first kappa shape index (κ1) is 12.8. The summed E-state index contributed by atoms with van der Waals surface area (Å²) < 4.78 is 7.02. The van der Waals surface area contributed by atoms with Gasteiger partial charge in [-0.25, -0.2) is 4.68 Å². The molecule has 0 aliphatic rings. The number of carboxylic acid groups (broad SMARTS) is 1. The molecule has 0 atom stereocenters. The quantitative estimate of drug-likeness (QED) is 0.658. The Labute approximate surface area is 119 Å². The van der Waals surface area contributed by atoms with Crippen LogP contribution in [-0.2, 0) is 0 Å². The second kappa shape index (κ2) is 5.41. The summed E-state index contributed by atoms with van der Waals surface area (Å²) in [6.07, 6.45) is 4.41. The van der Waals surface area contributed by atoms with Gasteiger partial charge in [0.2, 0.25) is 0 Å². The molecule has 1 aromatic carbocycles. The average molecular weight is 281 g/mol. The third kappa shape index (κ3) is 2.86. The van der Waals surface area contributed by atoms with Gasteiger partial charge >= 0.3 is 0 Å². The number of carboxylic acids is 1. The third-order valence-electron chi connectivity index (χ3n) is 2.73. The summed E-state index contributed by atoms with van der Waals surface area (Å²) >= 11 is 0. The van der Waals surface area contributed by atoms with Gasteiger partial charge in [0.05, 0.1) is 12.2 Å². The molecule has 0 spiro atoms. The number of carbonyl (C=O) groups excluding carboxylic acids is 1. The number of hydrogen-bond acceptors (Lipinski definition) is 6. The van der Waals surface area contributed by atoms with E-state index in [1.165, 1.54) is 35.7 Å². The first-order valence-electron chi connectivity index (χ1n) is 6.03. The van der Waals surface area contributed by atoms with Gasteiger partial charge in [-0.1, -0.05) is 18.2 Å². The van der Waals surface area contributed by atoms with Crippen LogP contribution < -0.4 is 5.11 Å². The number of aromatic carboxylic acids is 1. The highest BCUT2D eigenvalue weighted by atomic mass is 16.4. The third-order valence-corrected chi connectivity index (χ3v) is 2.73. The Morgan fingerprint density at radius 3 is 2.81 bits per heavy atom. The maximum Gasteiger partial charge on any atom is 0.147 e. The maximum atomic E-state index is 10.8. The van der Waals surface area contributed by atoms with Crippen LogP contribution in [0.3, 0.4) is 0 Å². The van der Waals surface area contributed by atoms with Crippen molar-refractivity contribution in [3.05, 3.63) is 60.4 Å². The van der Waals surface area contributed by atoms with Crippen molar-refractivity contribution in [3.63, 3.8) is 0 Å². The van der Waals surface area contributed by atoms with E-state index in [0.717, 1.165) is 0 Å². The Morgan fingerprint density at radius 1 is 1.24 bits per heavy atom. The monoisotopic (exact) mass is 281 g/mol. The number of furan rings is 1. The summed E-state index contributed by atoms with van der Waals surface area (Å²) in [6.45, 7) is 0. The van der Waals surface area contributed by atoms with Gasteiger partial charge in [0.1, 0.15) is 24.2 Å². The normalized spacial score (nSPS) is 11.0. The van der Waals surface area contributed by atoms with E-state index in [9.17, 15) is 9.90 Å². The van der Waals surface area contributed by atoms with Gasteiger partial charge in [0.25, 0.3) is 0 Å². The largest absolute Gasteiger partial charge is 0.545 e. The molecule has 0 N–H and O–H groups in total. The molecule has 0 amide bonds. The summed E-state index contributed by atoms with van der Waals surface area (Å²) in [6, 6.07) is 9.82. The molecule has 0 saturated heterocycles. The number of carbonyl (C=O) groups is 1. The van der Waals surface area contributed by atoms with Crippen LogP contribution in [0, 0.1) is 0 Å². The van der Waals surface area contributed by atoms with E-state index in [0.29, 0.717) is 17.1 Å². The fourth-order valence-corrected chi connectivity index (χ4v) is 1.76. The Kier molecular flexibility index (Phi) is 3.30. The van der Waals surface area contributed by atoms with E-state index < -0.39 is 5.97 Å². The maximum absolute atomic E-state index is 10.8. The fraction of sp³-hybridized carbons (Fsp3) is 0. The van der Waals surface area contributed by atoms with Gasteiger partial charge in [-0.05, 0) is 23.8 Å². The molecule has 7 nitrogen and oxygen atoms in total. The van der Waals surface area contributed by atoms with Crippen molar-refractivity contribution in [1.29, 1.82) is 0 Å². The minimum atomic E-state index is -1.22. The van der Waals surface area contributed by atoms with Crippen LogP contribution in [0.1, 0.15) is 16.1 Å². The topological polar surface area (TPSA) is 96.3 Å². The molecule has 2 aromatic heterocycles. The summed E-state index contributed by atoms with van der Waals surface area (Å²) in [4.78, 5) is 10.8. The lowest BCUT2D eigenvalue weighted by Gasteiger charge is -2.03. The van der Waals surface area contributed by atoms with E-state index in [1.807, 2.05) is 0 Å². The zero-order chi connectivity index (χ0) is 14.7. The van der Waals surface area contributed by atoms with Gasteiger partial charge in [-0.2, -0.15) is 5.10 Å². The number of aromatic nitrogens is 3. The highest BCUT2D eigenvalue weighted by Gasteiger charge is 2.05. The van der Waals surface area contributed by atoms with Crippen LogP contribution in [0.5, 0.6) is 0 Å².